The summed E-state index contributed by atoms with van der Waals surface area (Å²) < 4.78 is 2.31. The molecule has 4 aromatic carbocycles. The molecule has 0 spiro atoms. The van der Waals surface area contributed by atoms with Gasteiger partial charge in [0.15, 0.2) is 0 Å². The van der Waals surface area contributed by atoms with Gasteiger partial charge in [0, 0.05) is 34.3 Å². The summed E-state index contributed by atoms with van der Waals surface area (Å²) in [5.74, 6) is 0. The van der Waals surface area contributed by atoms with E-state index in [9.17, 15) is 0 Å². The number of pyridine rings is 1. The van der Waals surface area contributed by atoms with Gasteiger partial charge in [-0.15, -0.1) is 0 Å². The predicted molar refractivity (Wildman–Crippen MR) is 137 cm³/mol. The standard InChI is InChI=1S/C30H26N2/c1-30(2,3)24-18-20(17-19-11-5-6-12-21(19)24)28-29-27(22-13-7-9-15-25(22)31-28)23-14-8-10-16-26(23)32(29)4/h5-18H,1-4H3. The zero-order valence-corrected chi connectivity index (χ0v) is 19.0. The fraction of sp³-hybridized carbons (Fsp3) is 0.167. The number of rotatable bonds is 1. The van der Waals surface area contributed by atoms with E-state index in [0.717, 1.165) is 11.2 Å². The monoisotopic (exact) mass is 414 g/mol. The largest absolute Gasteiger partial charge is 0.342 e. The van der Waals surface area contributed by atoms with Gasteiger partial charge >= 0.3 is 0 Å². The molecule has 0 saturated heterocycles. The smallest absolute Gasteiger partial charge is 0.0953 e. The van der Waals surface area contributed by atoms with Crippen molar-refractivity contribution in [3.63, 3.8) is 0 Å². The summed E-state index contributed by atoms with van der Waals surface area (Å²) in [5, 5.41) is 6.35. The Morgan fingerprint density at radius 1 is 0.719 bits per heavy atom. The molecule has 0 radical (unpaired) electrons. The fourth-order valence-corrected chi connectivity index (χ4v) is 5.17. The minimum absolute atomic E-state index is 0.0322. The third-order valence-corrected chi connectivity index (χ3v) is 6.68. The van der Waals surface area contributed by atoms with Gasteiger partial charge in [-0.25, -0.2) is 4.98 Å². The third kappa shape index (κ3) is 2.69. The third-order valence-electron chi connectivity index (χ3n) is 6.68. The molecule has 0 fully saturated rings. The highest BCUT2D eigenvalue weighted by Crippen LogP contribution is 2.41. The van der Waals surface area contributed by atoms with E-state index in [0.29, 0.717) is 0 Å². The molecule has 156 valence electrons. The van der Waals surface area contributed by atoms with Gasteiger partial charge in [-0.1, -0.05) is 81.4 Å². The molecule has 0 N–H and O–H groups in total. The molecule has 0 atom stereocenters. The SMILES string of the molecule is Cn1c2ccccc2c2c3ccccc3nc(-c3cc(C(C)(C)C)c4ccccc4c3)c21. The van der Waals surface area contributed by atoms with Crippen LogP contribution < -0.4 is 0 Å². The summed E-state index contributed by atoms with van der Waals surface area (Å²) in [7, 11) is 2.16. The number of para-hydroxylation sites is 2. The molecule has 2 nitrogen and oxygen atoms in total. The van der Waals surface area contributed by atoms with E-state index in [1.54, 1.807) is 0 Å². The molecule has 32 heavy (non-hydrogen) atoms. The average Bonchev–Trinajstić information content (AvgIpc) is 3.10. The van der Waals surface area contributed by atoms with Crippen molar-refractivity contribution in [1.82, 2.24) is 9.55 Å². The van der Waals surface area contributed by atoms with Crippen molar-refractivity contribution in [2.24, 2.45) is 7.05 Å². The van der Waals surface area contributed by atoms with E-state index in [4.69, 9.17) is 4.98 Å². The van der Waals surface area contributed by atoms with E-state index in [2.05, 4.69) is 117 Å². The summed E-state index contributed by atoms with van der Waals surface area (Å²) in [5.41, 5.74) is 7.08. The summed E-state index contributed by atoms with van der Waals surface area (Å²) in [6.45, 7) is 6.87. The molecule has 0 aliphatic rings. The predicted octanol–water partition coefficient (Wildman–Crippen LogP) is 8.00. The van der Waals surface area contributed by atoms with Crippen molar-refractivity contribution in [2.45, 2.75) is 26.2 Å². The number of fused-ring (bicyclic) bond motifs is 6. The van der Waals surface area contributed by atoms with Gasteiger partial charge in [0.2, 0.25) is 0 Å². The van der Waals surface area contributed by atoms with Gasteiger partial charge in [0.05, 0.1) is 16.7 Å². The maximum Gasteiger partial charge on any atom is 0.0953 e. The molecule has 0 aliphatic heterocycles. The normalized spacial score (nSPS) is 12.4. The topological polar surface area (TPSA) is 17.8 Å². The lowest BCUT2D eigenvalue weighted by Gasteiger charge is -2.23. The van der Waals surface area contributed by atoms with Crippen molar-refractivity contribution in [1.29, 1.82) is 0 Å². The maximum absolute atomic E-state index is 5.24. The molecule has 2 aromatic heterocycles. The van der Waals surface area contributed by atoms with Crippen LogP contribution in [0.5, 0.6) is 0 Å². The van der Waals surface area contributed by atoms with Gasteiger partial charge in [-0.2, -0.15) is 0 Å². The second-order valence-electron chi connectivity index (χ2n) is 9.77. The quantitative estimate of drug-likeness (QED) is 0.266. The highest BCUT2D eigenvalue weighted by molar-refractivity contribution is 6.22. The number of hydrogen-bond acceptors (Lipinski definition) is 1. The van der Waals surface area contributed by atoms with Gasteiger partial charge in [0.1, 0.15) is 0 Å². The lowest BCUT2D eigenvalue weighted by molar-refractivity contribution is 0.596. The Kier molecular flexibility index (Phi) is 3.98. The Morgan fingerprint density at radius 3 is 2.16 bits per heavy atom. The summed E-state index contributed by atoms with van der Waals surface area (Å²) >= 11 is 0. The van der Waals surface area contributed by atoms with E-state index < -0.39 is 0 Å². The molecule has 2 heterocycles. The minimum Gasteiger partial charge on any atom is -0.342 e. The van der Waals surface area contributed by atoms with Crippen LogP contribution in [-0.2, 0) is 12.5 Å². The minimum atomic E-state index is 0.0322. The van der Waals surface area contributed by atoms with E-state index in [1.165, 1.54) is 49.1 Å². The zero-order valence-electron chi connectivity index (χ0n) is 19.0. The lowest BCUT2D eigenvalue weighted by atomic mass is 9.82. The Morgan fingerprint density at radius 2 is 1.38 bits per heavy atom. The molecular weight excluding hydrogens is 388 g/mol. The molecule has 0 unspecified atom stereocenters. The number of aromatic nitrogens is 2. The maximum atomic E-state index is 5.24. The number of hydrogen-bond donors (Lipinski definition) is 0. The van der Waals surface area contributed by atoms with E-state index in [1.807, 2.05) is 0 Å². The Hall–Kier alpha value is -3.65. The van der Waals surface area contributed by atoms with Gasteiger partial charge in [0.25, 0.3) is 0 Å². The first-order valence-corrected chi connectivity index (χ1v) is 11.2. The summed E-state index contributed by atoms with van der Waals surface area (Å²) in [6, 6.07) is 30.6. The van der Waals surface area contributed by atoms with E-state index >= 15 is 0 Å². The molecule has 0 aliphatic carbocycles. The van der Waals surface area contributed by atoms with Crippen LogP contribution in [0.15, 0.2) is 84.9 Å². The van der Waals surface area contributed by atoms with Crippen molar-refractivity contribution in [3.05, 3.63) is 90.5 Å². The van der Waals surface area contributed by atoms with Crippen LogP contribution in [0.25, 0.3) is 54.7 Å². The van der Waals surface area contributed by atoms with Crippen molar-refractivity contribution in [3.8, 4) is 11.3 Å². The molecule has 6 rings (SSSR count). The number of benzene rings is 4. The summed E-state index contributed by atoms with van der Waals surface area (Å²) in [4.78, 5) is 5.24. The average molecular weight is 415 g/mol. The lowest BCUT2D eigenvalue weighted by Crippen LogP contribution is -2.12. The van der Waals surface area contributed by atoms with Crippen LogP contribution in [0.1, 0.15) is 26.3 Å². The van der Waals surface area contributed by atoms with Crippen LogP contribution in [0, 0.1) is 0 Å². The van der Waals surface area contributed by atoms with Crippen LogP contribution in [-0.4, -0.2) is 9.55 Å². The molecular formula is C30H26N2. The Bertz CT molecular complexity index is 1660. The van der Waals surface area contributed by atoms with Gasteiger partial charge in [-0.3, -0.25) is 0 Å². The van der Waals surface area contributed by atoms with Gasteiger partial charge in [-0.05, 0) is 46.0 Å². The first-order valence-electron chi connectivity index (χ1n) is 11.2. The fourth-order valence-electron chi connectivity index (χ4n) is 5.17. The first-order chi connectivity index (χ1) is 15.4. The van der Waals surface area contributed by atoms with Crippen LogP contribution in [0.3, 0.4) is 0 Å². The second-order valence-corrected chi connectivity index (χ2v) is 9.77. The second kappa shape index (κ2) is 6.67. The van der Waals surface area contributed by atoms with Crippen LogP contribution >= 0.6 is 0 Å². The molecule has 2 heteroatoms. The first kappa shape index (κ1) is 19.1. The Labute approximate surface area is 188 Å². The van der Waals surface area contributed by atoms with Crippen molar-refractivity contribution < 1.29 is 0 Å². The molecule has 6 aromatic rings. The summed E-state index contributed by atoms with van der Waals surface area (Å²) in [6.07, 6.45) is 0. The van der Waals surface area contributed by atoms with Gasteiger partial charge < -0.3 is 4.57 Å². The van der Waals surface area contributed by atoms with Crippen molar-refractivity contribution in [2.75, 3.05) is 0 Å². The zero-order chi connectivity index (χ0) is 22.0. The highest BCUT2D eigenvalue weighted by Gasteiger charge is 2.22. The van der Waals surface area contributed by atoms with Crippen molar-refractivity contribution >= 4 is 43.5 Å². The number of aryl methyl sites for hydroxylation is 1. The molecule has 0 saturated carbocycles. The van der Waals surface area contributed by atoms with Crippen LogP contribution in [0.4, 0.5) is 0 Å². The number of nitrogens with zero attached hydrogens (tertiary/aromatic N) is 2. The molecule has 0 bridgehead atoms. The molecule has 0 amide bonds. The van der Waals surface area contributed by atoms with E-state index in [-0.39, 0.29) is 5.41 Å². The highest BCUT2D eigenvalue weighted by atomic mass is 15.0. The Balaban J connectivity index is 1.82. The van der Waals surface area contributed by atoms with Crippen LogP contribution in [0.2, 0.25) is 0 Å².